The van der Waals surface area contributed by atoms with Crippen LogP contribution in [0.4, 0.5) is 5.82 Å². The number of guanidine groups is 1. The van der Waals surface area contributed by atoms with Gasteiger partial charge in [0.05, 0.1) is 18.1 Å². The Hall–Kier alpha value is -2.81. The molecule has 8 nitrogen and oxygen atoms in total. The molecule has 2 heterocycles. The quantitative estimate of drug-likeness (QED) is 0.220. The summed E-state index contributed by atoms with van der Waals surface area (Å²) < 4.78 is 1.74. The lowest BCUT2D eigenvalue weighted by molar-refractivity contribution is 0.785. The number of benzene rings is 1. The van der Waals surface area contributed by atoms with Crippen molar-refractivity contribution < 1.29 is 0 Å². The van der Waals surface area contributed by atoms with E-state index in [0.717, 1.165) is 41.7 Å². The van der Waals surface area contributed by atoms with Crippen molar-refractivity contribution in [1.82, 2.24) is 30.4 Å². The summed E-state index contributed by atoms with van der Waals surface area (Å²) in [6, 6.07) is 10.4. The number of anilines is 1. The molecule has 0 aliphatic rings. The molecule has 2 aromatic heterocycles. The highest BCUT2D eigenvalue weighted by atomic mass is 32.2. The van der Waals surface area contributed by atoms with Gasteiger partial charge in [0.25, 0.3) is 0 Å². The Morgan fingerprint density at radius 1 is 1.14 bits per heavy atom. The number of aliphatic imine (C=N–C) groups is 1. The third-order valence-corrected chi connectivity index (χ3v) is 4.97. The normalized spacial score (nSPS) is 11.6. The van der Waals surface area contributed by atoms with E-state index in [-0.39, 0.29) is 0 Å². The van der Waals surface area contributed by atoms with Gasteiger partial charge in [0.1, 0.15) is 12.1 Å². The molecule has 0 aliphatic heterocycles. The Labute approximate surface area is 169 Å². The maximum atomic E-state index is 4.62. The number of nitrogens with zero attached hydrogens (tertiary/aromatic N) is 5. The number of hydrogen-bond acceptors (Lipinski definition) is 6. The Balaban J connectivity index is 1.44. The van der Waals surface area contributed by atoms with E-state index < -0.39 is 0 Å². The Morgan fingerprint density at radius 2 is 2.00 bits per heavy atom. The maximum Gasteiger partial charge on any atom is 0.191 e. The van der Waals surface area contributed by atoms with Gasteiger partial charge in [-0.3, -0.25) is 9.67 Å². The zero-order valence-corrected chi connectivity index (χ0v) is 17.0. The number of fused-ring (bicyclic) bond motifs is 1. The SMILES string of the molecule is CCNC(=NCCNc1ncnc2c1cnn2C)NCCSc1ccccc1. The molecule has 0 saturated carbocycles. The van der Waals surface area contributed by atoms with Crippen molar-refractivity contribution in [3.05, 3.63) is 42.9 Å². The fourth-order valence-electron chi connectivity index (χ4n) is 2.64. The van der Waals surface area contributed by atoms with Gasteiger partial charge in [0.2, 0.25) is 0 Å². The van der Waals surface area contributed by atoms with Crippen molar-refractivity contribution in [1.29, 1.82) is 0 Å². The largest absolute Gasteiger partial charge is 0.367 e. The van der Waals surface area contributed by atoms with Crippen LogP contribution in [0, 0.1) is 0 Å². The van der Waals surface area contributed by atoms with Gasteiger partial charge in [-0.1, -0.05) is 18.2 Å². The van der Waals surface area contributed by atoms with Crippen molar-refractivity contribution in [3.8, 4) is 0 Å². The summed E-state index contributed by atoms with van der Waals surface area (Å²) in [6.07, 6.45) is 3.32. The van der Waals surface area contributed by atoms with Crippen molar-refractivity contribution >= 4 is 34.6 Å². The van der Waals surface area contributed by atoms with Crippen LogP contribution in [0.5, 0.6) is 0 Å². The van der Waals surface area contributed by atoms with Crippen molar-refractivity contribution in [2.45, 2.75) is 11.8 Å². The van der Waals surface area contributed by atoms with Crippen LogP contribution in [0.15, 0.2) is 52.7 Å². The number of thioether (sulfide) groups is 1. The molecular weight excluding hydrogens is 372 g/mol. The predicted octanol–water partition coefficient (Wildman–Crippen LogP) is 2.12. The average Bonchev–Trinajstić information content (AvgIpc) is 3.11. The molecule has 9 heteroatoms. The first-order chi connectivity index (χ1) is 13.8. The highest BCUT2D eigenvalue weighted by molar-refractivity contribution is 7.99. The standard InChI is InChI=1S/C19H26N8S/c1-3-20-19(23-11-12-28-15-7-5-4-6-8-15)22-10-9-21-17-16-13-26-27(2)18(16)25-14-24-17/h4-8,13-14H,3,9-12H2,1-2H3,(H2,20,22,23)(H,21,24,25). The first-order valence-electron chi connectivity index (χ1n) is 9.34. The number of aryl methyl sites for hydroxylation is 1. The maximum absolute atomic E-state index is 4.62. The summed E-state index contributed by atoms with van der Waals surface area (Å²) in [6.45, 7) is 5.05. The van der Waals surface area contributed by atoms with Gasteiger partial charge in [0.15, 0.2) is 11.6 Å². The van der Waals surface area contributed by atoms with Crippen LogP contribution in [0.3, 0.4) is 0 Å². The van der Waals surface area contributed by atoms with Crippen LogP contribution < -0.4 is 16.0 Å². The van der Waals surface area contributed by atoms with E-state index >= 15 is 0 Å². The minimum absolute atomic E-state index is 0.632. The van der Waals surface area contributed by atoms with Crippen LogP contribution in [-0.4, -0.2) is 57.6 Å². The number of aromatic nitrogens is 4. The van der Waals surface area contributed by atoms with Crippen LogP contribution in [0.2, 0.25) is 0 Å². The Morgan fingerprint density at radius 3 is 2.82 bits per heavy atom. The molecule has 1 aromatic carbocycles. The lowest BCUT2D eigenvalue weighted by Crippen LogP contribution is -2.38. The second-order valence-electron chi connectivity index (χ2n) is 6.00. The number of hydrogen-bond donors (Lipinski definition) is 3. The Kier molecular flexibility index (Phi) is 7.48. The van der Waals surface area contributed by atoms with E-state index in [2.05, 4.69) is 67.2 Å². The topological polar surface area (TPSA) is 92.1 Å². The fraction of sp³-hybridized carbons (Fsp3) is 0.368. The molecule has 3 rings (SSSR count). The first kappa shape index (κ1) is 19.9. The van der Waals surface area contributed by atoms with E-state index in [1.807, 2.05) is 24.9 Å². The van der Waals surface area contributed by atoms with Crippen molar-refractivity contribution in [2.75, 3.05) is 37.2 Å². The summed E-state index contributed by atoms with van der Waals surface area (Å²) in [5.41, 5.74) is 0.812. The number of nitrogens with one attached hydrogen (secondary N) is 3. The summed E-state index contributed by atoms with van der Waals surface area (Å²) in [7, 11) is 1.87. The Bertz CT molecular complexity index is 893. The first-order valence-corrected chi connectivity index (χ1v) is 10.3. The lowest BCUT2D eigenvalue weighted by Gasteiger charge is -2.11. The highest BCUT2D eigenvalue weighted by Crippen LogP contribution is 2.17. The van der Waals surface area contributed by atoms with Gasteiger partial charge in [-0.25, -0.2) is 9.97 Å². The van der Waals surface area contributed by atoms with Gasteiger partial charge in [-0.15, -0.1) is 11.8 Å². The van der Waals surface area contributed by atoms with E-state index in [9.17, 15) is 0 Å². The van der Waals surface area contributed by atoms with Gasteiger partial charge in [0, 0.05) is 37.3 Å². The minimum atomic E-state index is 0.632. The molecule has 148 valence electrons. The summed E-state index contributed by atoms with van der Waals surface area (Å²) >= 11 is 1.83. The zero-order valence-electron chi connectivity index (χ0n) is 16.2. The number of rotatable bonds is 9. The van der Waals surface area contributed by atoms with Crippen LogP contribution in [0.1, 0.15) is 6.92 Å². The molecule has 0 bridgehead atoms. The van der Waals surface area contributed by atoms with Crippen LogP contribution in [0.25, 0.3) is 11.0 Å². The van der Waals surface area contributed by atoms with Crippen LogP contribution in [-0.2, 0) is 7.05 Å². The molecule has 3 aromatic rings. The molecule has 0 unspecified atom stereocenters. The summed E-state index contributed by atoms with van der Waals surface area (Å²) in [5, 5.41) is 15.1. The van der Waals surface area contributed by atoms with Gasteiger partial charge in [-0.2, -0.15) is 5.10 Å². The molecular formula is C19H26N8S. The lowest BCUT2D eigenvalue weighted by atomic mass is 10.4. The highest BCUT2D eigenvalue weighted by Gasteiger charge is 2.06. The second-order valence-corrected chi connectivity index (χ2v) is 7.17. The van der Waals surface area contributed by atoms with E-state index in [1.54, 1.807) is 17.2 Å². The molecule has 0 amide bonds. The minimum Gasteiger partial charge on any atom is -0.367 e. The molecule has 28 heavy (non-hydrogen) atoms. The summed E-state index contributed by atoms with van der Waals surface area (Å²) in [5.74, 6) is 2.59. The third kappa shape index (κ3) is 5.59. The second kappa shape index (κ2) is 10.5. The monoisotopic (exact) mass is 398 g/mol. The molecule has 0 radical (unpaired) electrons. The average molecular weight is 399 g/mol. The van der Waals surface area contributed by atoms with Crippen molar-refractivity contribution in [3.63, 3.8) is 0 Å². The van der Waals surface area contributed by atoms with E-state index in [1.165, 1.54) is 4.90 Å². The van der Waals surface area contributed by atoms with Crippen molar-refractivity contribution in [2.24, 2.45) is 12.0 Å². The van der Waals surface area contributed by atoms with E-state index in [4.69, 9.17) is 0 Å². The fourth-order valence-corrected chi connectivity index (χ4v) is 3.43. The molecule has 0 spiro atoms. The summed E-state index contributed by atoms with van der Waals surface area (Å²) in [4.78, 5) is 14.4. The molecule has 0 atom stereocenters. The predicted molar refractivity (Wildman–Crippen MR) is 116 cm³/mol. The molecule has 0 saturated heterocycles. The molecule has 3 N–H and O–H groups in total. The van der Waals surface area contributed by atoms with E-state index in [0.29, 0.717) is 13.1 Å². The molecule has 0 aliphatic carbocycles. The molecule has 0 fully saturated rings. The van der Waals surface area contributed by atoms with Gasteiger partial charge >= 0.3 is 0 Å². The van der Waals surface area contributed by atoms with Gasteiger partial charge in [-0.05, 0) is 19.1 Å². The third-order valence-electron chi connectivity index (χ3n) is 3.95. The zero-order chi connectivity index (χ0) is 19.6. The smallest absolute Gasteiger partial charge is 0.191 e. The van der Waals surface area contributed by atoms with Gasteiger partial charge < -0.3 is 16.0 Å². The van der Waals surface area contributed by atoms with Crippen LogP contribution >= 0.6 is 11.8 Å².